The van der Waals surface area contributed by atoms with Gasteiger partial charge in [0.1, 0.15) is 41.3 Å². The molecule has 5 N–H and O–H groups in total. The maximum absolute atomic E-state index is 14.3. The Morgan fingerprint density at radius 2 is 1.53 bits per heavy atom. The van der Waals surface area contributed by atoms with Gasteiger partial charge in [-0.15, -0.1) is 24.9 Å². The first-order valence-electron chi connectivity index (χ1n) is 20.2. The highest BCUT2D eigenvalue weighted by Crippen LogP contribution is 2.26. The van der Waals surface area contributed by atoms with Gasteiger partial charge in [0.15, 0.2) is 0 Å². The number of carbonyl (C=O) groups excluding carboxylic acids is 6. The van der Waals surface area contributed by atoms with Crippen LogP contribution in [-0.2, 0) is 38.2 Å². The van der Waals surface area contributed by atoms with E-state index in [0.717, 1.165) is 5.56 Å². The van der Waals surface area contributed by atoms with Gasteiger partial charge in [-0.3, -0.25) is 33.8 Å². The molecule has 3 aliphatic rings. The van der Waals surface area contributed by atoms with E-state index >= 15 is 0 Å². The van der Waals surface area contributed by atoms with Crippen LogP contribution in [0.3, 0.4) is 0 Å². The van der Waals surface area contributed by atoms with E-state index in [1.54, 1.807) is 66.7 Å². The maximum atomic E-state index is 14.3. The zero-order valence-corrected chi connectivity index (χ0v) is 36.3. The highest BCUT2D eigenvalue weighted by molar-refractivity contribution is 8.14. The van der Waals surface area contributed by atoms with Gasteiger partial charge in [-0.25, -0.2) is 0 Å². The van der Waals surface area contributed by atoms with Crippen LogP contribution in [0.5, 0.6) is 0 Å². The third-order valence-electron chi connectivity index (χ3n) is 10.7. The normalized spacial score (nSPS) is 27.2. The average molecular weight is 836 g/mol. The molecular weight excluding hydrogens is 775 g/mol. The number of nitrogens with zero attached hydrogens (tertiary/aromatic N) is 2. The van der Waals surface area contributed by atoms with Gasteiger partial charge in [-0.1, -0.05) is 62.8 Å². The van der Waals surface area contributed by atoms with Crippen LogP contribution in [0, 0.1) is 5.92 Å². The fourth-order valence-corrected chi connectivity index (χ4v) is 7.66. The molecule has 0 aromatic heterocycles. The van der Waals surface area contributed by atoms with E-state index in [-0.39, 0.29) is 12.4 Å². The van der Waals surface area contributed by atoms with Crippen molar-refractivity contribution in [3.63, 3.8) is 0 Å². The lowest BCUT2D eigenvalue weighted by atomic mass is 9.97. The first kappa shape index (κ1) is 46.9. The molecule has 59 heavy (non-hydrogen) atoms. The van der Waals surface area contributed by atoms with Gasteiger partial charge < -0.3 is 41.0 Å². The van der Waals surface area contributed by atoms with Gasteiger partial charge in [0, 0.05) is 12.3 Å². The van der Waals surface area contributed by atoms with E-state index < -0.39 is 94.9 Å². The summed E-state index contributed by atoms with van der Waals surface area (Å²) in [5.74, 6) is -3.79. The molecule has 0 saturated carbocycles. The second-order valence-electron chi connectivity index (χ2n) is 16.3. The molecule has 4 rings (SSSR count). The van der Waals surface area contributed by atoms with Gasteiger partial charge in [0.25, 0.3) is 0 Å². The number of aliphatic imine (C=N–C) groups is 1. The summed E-state index contributed by atoms with van der Waals surface area (Å²) in [5, 5.41) is 14.5. The van der Waals surface area contributed by atoms with Crippen molar-refractivity contribution in [1.82, 2.24) is 31.5 Å². The van der Waals surface area contributed by atoms with Crippen molar-refractivity contribution >= 4 is 58.3 Å². The number of benzene rings is 1. The Hall–Kier alpha value is -4.80. The molecule has 1 fully saturated rings. The molecular formula is C43H61N7O8S. The van der Waals surface area contributed by atoms with Crippen LogP contribution in [0.4, 0.5) is 0 Å². The lowest BCUT2D eigenvalue weighted by molar-refractivity contribution is -0.142. The number of carbonyl (C=O) groups is 6. The summed E-state index contributed by atoms with van der Waals surface area (Å²) in [5.41, 5.74) is -0.699. The molecule has 3 heterocycles. The van der Waals surface area contributed by atoms with E-state index in [2.05, 4.69) is 39.7 Å². The van der Waals surface area contributed by atoms with Crippen LogP contribution in [0.2, 0.25) is 0 Å². The van der Waals surface area contributed by atoms with Crippen LogP contribution in [0.15, 0.2) is 66.3 Å². The molecule has 0 spiro atoms. The van der Waals surface area contributed by atoms with E-state index in [0.29, 0.717) is 36.5 Å². The van der Waals surface area contributed by atoms with Crippen molar-refractivity contribution in [3.8, 4) is 0 Å². The third kappa shape index (κ3) is 12.6. The Morgan fingerprint density at radius 1 is 0.881 bits per heavy atom. The minimum Gasteiger partial charge on any atom is -0.369 e. The Kier molecular flexibility index (Phi) is 16.2. The predicted octanol–water partition coefficient (Wildman–Crippen LogP) is 3.02. The predicted molar refractivity (Wildman–Crippen MR) is 229 cm³/mol. The fourth-order valence-electron chi connectivity index (χ4n) is 6.65. The lowest BCUT2D eigenvalue weighted by Gasteiger charge is -2.33. The van der Waals surface area contributed by atoms with Gasteiger partial charge in [-0.2, -0.15) is 0 Å². The molecule has 15 nitrogen and oxygen atoms in total. The molecule has 16 heteroatoms. The number of amides is 6. The van der Waals surface area contributed by atoms with Gasteiger partial charge in [-0.05, 0) is 71.9 Å². The van der Waals surface area contributed by atoms with Crippen molar-refractivity contribution in [3.05, 3.63) is 66.9 Å². The van der Waals surface area contributed by atoms with Crippen LogP contribution >= 0.6 is 11.8 Å². The quantitative estimate of drug-likeness (QED) is 0.208. The van der Waals surface area contributed by atoms with E-state index in [9.17, 15) is 28.8 Å². The van der Waals surface area contributed by atoms with Gasteiger partial charge >= 0.3 is 0 Å². The number of thioether (sulfide) groups is 1. The van der Waals surface area contributed by atoms with E-state index in [1.807, 2.05) is 37.3 Å². The van der Waals surface area contributed by atoms with E-state index in [4.69, 9.17) is 14.5 Å². The summed E-state index contributed by atoms with van der Waals surface area (Å²) < 4.78 is 12.2. The second-order valence-corrected chi connectivity index (χ2v) is 17.3. The Bertz CT molecular complexity index is 1820. The molecule has 322 valence electrons. The lowest BCUT2D eigenvalue weighted by Crippen LogP contribution is -2.62. The molecule has 3 aliphatic heterocycles. The first-order valence-corrected chi connectivity index (χ1v) is 21.2. The monoisotopic (exact) mass is 835 g/mol. The molecule has 8 atom stereocenters. The molecule has 6 amide bonds. The molecule has 1 aromatic carbocycles. The highest BCUT2D eigenvalue weighted by Gasteiger charge is 2.41. The number of hydrogen-bond acceptors (Lipinski definition) is 10. The van der Waals surface area contributed by atoms with Gasteiger partial charge in [0.05, 0.1) is 29.6 Å². The van der Waals surface area contributed by atoms with Crippen molar-refractivity contribution in [2.24, 2.45) is 10.9 Å². The maximum Gasteiger partial charge on any atom is 0.247 e. The number of fused-ring (bicyclic) bond motifs is 2. The number of hydrogen-bond donors (Lipinski definition) is 5. The van der Waals surface area contributed by atoms with Crippen molar-refractivity contribution in [2.45, 2.75) is 128 Å². The smallest absolute Gasteiger partial charge is 0.247 e. The average Bonchev–Trinajstić information content (AvgIpc) is 3.91. The van der Waals surface area contributed by atoms with Crippen LogP contribution in [0.25, 0.3) is 6.08 Å². The number of ether oxygens (including phenoxy) is 2. The molecule has 1 aromatic rings. The first-order chi connectivity index (χ1) is 27.8. The summed E-state index contributed by atoms with van der Waals surface area (Å²) >= 11 is 1.26. The molecule has 2 bridgehead atoms. The standard InChI is InChI=1S/C43H61N7O8S/c1-11-25(4)33-38(54)44-26(5)41(56)50-21-17-20-32(50)37(53)45-29(22-28-18-15-14-16-19-28)40-47-31(24-59-40)36(52)49-34(27(6)58-43(9,10)13-3)39(55)46-30(35(51)48-33)23-57-42(7,8)12-2/h12-16,18-19,22,25-27,30-34H,2-3,11,17,20-21,23-24H2,1,4-10H3,(H,44,54)(H,45,53)(H,46,55)(H,48,51)(H,49,52)/b29-22-/t25-,26-,27+,30-,31-,32-,33-,34?/m0/s1. The topological polar surface area (TPSA) is 197 Å². The summed E-state index contributed by atoms with van der Waals surface area (Å²) in [6, 6.07) is 2.61. The molecule has 1 unspecified atom stereocenters. The summed E-state index contributed by atoms with van der Waals surface area (Å²) in [4.78, 5) is 90.7. The number of rotatable bonds is 11. The Balaban J connectivity index is 1.82. The zero-order valence-electron chi connectivity index (χ0n) is 35.5. The van der Waals surface area contributed by atoms with Crippen LogP contribution in [-0.4, -0.2) is 118 Å². The minimum absolute atomic E-state index is 0.197. The Labute approximate surface area is 352 Å². The minimum atomic E-state index is -1.35. The van der Waals surface area contributed by atoms with Crippen molar-refractivity contribution < 1.29 is 38.2 Å². The number of nitrogens with one attached hydrogen (secondary N) is 5. The summed E-state index contributed by atoms with van der Waals surface area (Å²) in [6.07, 6.45) is 5.37. The second kappa shape index (κ2) is 20.4. The third-order valence-corrected chi connectivity index (χ3v) is 11.8. The van der Waals surface area contributed by atoms with E-state index in [1.165, 1.54) is 16.7 Å². The van der Waals surface area contributed by atoms with Crippen LogP contribution in [0.1, 0.15) is 80.2 Å². The fraction of sp³-hybridized carbons (Fsp3) is 0.558. The zero-order chi connectivity index (χ0) is 43.7. The highest BCUT2D eigenvalue weighted by atomic mass is 32.2. The summed E-state index contributed by atoms with van der Waals surface area (Å²) in [6.45, 7) is 21.4. The molecule has 1 saturated heterocycles. The van der Waals surface area contributed by atoms with Gasteiger partial charge in [0.2, 0.25) is 35.4 Å². The largest absolute Gasteiger partial charge is 0.369 e. The summed E-state index contributed by atoms with van der Waals surface area (Å²) in [7, 11) is 0. The molecule has 0 aliphatic carbocycles. The van der Waals surface area contributed by atoms with Crippen LogP contribution < -0.4 is 26.6 Å². The Morgan fingerprint density at radius 3 is 2.17 bits per heavy atom. The van der Waals surface area contributed by atoms with Crippen molar-refractivity contribution in [2.75, 3.05) is 18.9 Å². The SMILES string of the molecule is C=CC(C)(C)OC[C@@H]1NC(=O)C([C@@H](C)OC(C)(C)C=C)NC(=O)[C@@H]2CSC(=N2)/C(=C/c2ccccc2)NC(=O)[C@@H]2CCCN2C(=O)[C@H](C)NC(=O)[C@H]([C@@H](C)CC)NC1=O. The van der Waals surface area contributed by atoms with Crippen molar-refractivity contribution in [1.29, 1.82) is 0 Å². The molecule has 0 radical (unpaired) electrons.